The summed E-state index contributed by atoms with van der Waals surface area (Å²) >= 11 is 0. The third-order valence-electron chi connectivity index (χ3n) is 3.67. The molecular formula is C15H18FNO. The van der Waals surface area contributed by atoms with Crippen LogP contribution in [0.25, 0.3) is 0 Å². The summed E-state index contributed by atoms with van der Waals surface area (Å²) in [5, 5.41) is 8.65. The largest absolute Gasteiger partial charge is 0.490 e. The number of nitriles is 1. The molecule has 0 aromatic heterocycles. The molecule has 0 heterocycles. The summed E-state index contributed by atoms with van der Waals surface area (Å²) in [6.07, 6.45) is 4.81. The van der Waals surface area contributed by atoms with Gasteiger partial charge in [0.15, 0.2) is 11.6 Å². The minimum Gasteiger partial charge on any atom is -0.490 e. The van der Waals surface area contributed by atoms with Crippen molar-refractivity contribution in [1.29, 1.82) is 5.26 Å². The molecule has 1 aromatic rings. The fourth-order valence-electron chi connectivity index (χ4n) is 2.39. The minimum atomic E-state index is -0.446. The van der Waals surface area contributed by atoms with Crippen LogP contribution in [0.5, 0.6) is 5.75 Å². The van der Waals surface area contributed by atoms with E-state index in [-0.39, 0.29) is 5.75 Å². The van der Waals surface area contributed by atoms with E-state index >= 15 is 0 Å². The molecule has 1 aliphatic rings. The lowest BCUT2D eigenvalue weighted by Gasteiger charge is -2.26. The van der Waals surface area contributed by atoms with Crippen LogP contribution < -0.4 is 4.74 Å². The number of rotatable bonds is 3. The fourth-order valence-corrected chi connectivity index (χ4v) is 2.39. The number of hydrogen-bond donors (Lipinski definition) is 0. The summed E-state index contributed by atoms with van der Waals surface area (Å²) in [5.41, 5.74) is 0.325. The summed E-state index contributed by atoms with van der Waals surface area (Å²) in [4.78, 5) is 0. The Balaban J connectivity index is 1.89. The first-order valence-electron chi connectivity index (χ1n) is 6.51. The van der Waals surface area contributed by atoms with Gasteiger partial charge in [0.25, 0.3) is 0 Å². The Bertz CT molecular complexity index is 444. The number of halogens is 1. The Hall–Kier alpha value is -1.56. The topological polar surface area (TPSA) is 33.0 Å². The van der Waals surface area contributed by atoms with Crippen molar-refractivity contribution in [3.8, 4) is 11.8 Å². The van der Waals surface area contributed by atoms with E-state index in [4.69, 9.17) is 10.00 Å². The first-order chi connectivity index (χ1) is 8.69. The molecule has 0 saturated heterocycles. The third-order valence-corrected chi connectivity index (χ3v) is 3.67. The Morgan fingerprint density at radius 3 is 2.67 bits per heavy atom. The van der Waals surface area contributed by atoms with E-state index < -0.39 is 5.82 Å². The van der Waals surface area contributed by atoms with Gasteiger partial charge in [-0.05, 0) is 42.9 Å². The molecule has 0 amide bonds. The van der Waals surface area contributed by atoms with E-state index in [1.54, 1.807) is 12.1 Å². The normalized spacial score (nSPS) is 23.4. The van der Waals surface area contributed by atoms with Crippen molar-refractivity contribution in [1.82, 2.24) is 0 Å². The highest BCUT2D eigenvalue weighted by molar-refractivity contribution is 5.35. The lowest BCUT2D eigenvalue weighted by molar-refractivity contribution is 0.183. The van der Waals surface area contributed by atoms with Crippen LogP contribution in [0, 0.1) is 29.0 Å². The van der Waals surface area contributed by atoms with Crippen molar-refractivity contribution < 1.29 is 9.13 Å². The van der Waals surface area contributed by atoms with Gasteiger partial charge in [-0.15, -0.1) is 0 Å². The zero-order valence-corrected chi connectivity index (χ0v) is 10.7. The Kier molecular flexibility index (Phi) is 4.19. The lowest BCUT2D eigenvalue weighted by Crippen LogP contribution is -2.19. The second-order valence-corrected chi connectivity index (χ2v) is 5.19. The minimum absolute atomic E-state index is 0.257. The molecular weight excluding hydrogens is 229 g/mol. The molecule has 0 spiro atoms. The molecule has 0 N–H and O–H groups in total. The molecule has 2 rings (SSSR count). The predicted octanol–water partition coefficient (Wildman–Crippen LogP) is 3.90. The van der Waals surface area contributed by atoms with Gasteiger partial charge in [-0.3, -0.25) is 0 Å². The SMILES string of the molecule is CC1CCC(COc2ccc(C#N)cc2F)CC1. The first kappa shape index (κ1) is 12.9. The van der Waals surface area contributed by atoms with Crippen LogP contribution in [-0.2, 0) is 0 Å². The molecule has 1 fully saturated rings. The Morgan fingerprint density at radius 1 is 1.33 bits per heavy atom. The van der Waals surface area contributed by atoms with Crippen LogP contribution in [0.3, 0.4) is 0 Å². The van der Waals surface area contributed by atoms with Crippen LogP contribution in [0.4, 0.5) is 4.39 Å². The van der Waals surface area contributed by atoms with Gasteiger partial charge in [0.1, 0.15) is 0 Å². The Morgan fingerprint density at radius 2 is 2.06 bits per heavy atom. The van der Waals surface area contributed by atoms with Crippen molar-refractivity contribution in [2.75, 3.05) is 6.61 Å². The average molecular weight is 247 g/mol. The monoisotopic (exact) mass is 247 g/mol. The summed E-state index contributed by atoms with van der Waals surface area (Å²) < 4.78 is 19.1. The van der Waals surface area contributed by atoms with Crippen LogP contribution in [-0.4, -0.2) is 6.61 Å². The predicted molar refractivity (Wildman–Crippen MR) is 67.7 cm³/mol. The molecule has 0 atom stereocenters. The van der Waals surface area contributed by atoms with E-state index in [1.165, 1.54) is 31.7 Å². The van der Waals surface area contributed by atoms with E-state index in [0.717, 1.165) is 5.92 Å². The van der Waals surface area contributed by atoms with Crippen molar-refractivity contribution in [2.45, 2.75) is 32.6 Å². The molecule has 1 saturated carbocycles. The number of benzene rings is 1. The standard InChI is InChI=1S/C15H18FNO/c1-11-2-4-12(5-3-11)10-18-15-7-6-13(9-17)8-14(15)16/h6-8,11-12H,2-5,10H2,1H3. The zero-order chi connectivity index (χ0) is 13.0. The van der Waals surface area contributed by atoms with E-state index in [9.17, 15) is 4.39 Å². The summed E-state index contributed by atoms with van der Waals surface area (Å²) in [7, 11) is 0. The molecule has 2 nitrogen and oxygen atoms in total. The van der Waals surface area contributed by atoms with E-state index in [0.29, 0.717) is 18.1 Å². The van der Waals surface area contributed by atoms with Crippen molar-refractivity contribution in [3.63, 3.8) is 0 Å². The van der Waals surface area contributed by atoms with Gasteiger partial charge in [0.2, 0.25) is 0 Å². The molecule has 18 heavy (non-hydrogen) atoms. The average Bonchev–Trinajstić information content (AvgIpc) is 2.39. The van der Waals surface area contributed by atoms with Gasteiger partial charge < -0.3 is 4.74 Å². The maximum atomic E-state index is 13.6. The molecule has 1 aromatic carbocycles. The second-order valence-electron chi connectivity index (χ2n) is 5.19. The molecule has 96 valence electrons. The first-order valence-corrected chi connectivity index (χ1v) is 6.51. The highest BCUT2D eigenvalue weighted by Gasteiger charge is 2.19. The van der Waals surface area contributed by atoms with Crippen molar-refractivity contribution >= 4 is 0 Å². The van der Waals surface area contributed by atoms with Crippen LogP contribution >= 0.6 is 0 Å². The van der Waals surface area contributed by atoms with Crippen molar-refractivity contribution in [3.05, 3.63) is 29.6 Å². The molecule has 0 unspecified atom stereocenters. The van der Waals surface area contributed by atoms with Crippen LogP contribution in [0.15, 0.2) is 18.2 Å². The maximum absolute atomic E-state index is 13.6. The summed E-state index contributed by atoms with van der Waals surface area (Å²) in [6.45, 7) is 2.85. The molecule has 0 radical (unpaired) electrons. The third kappa shape index (κ3) is 3.22. The summed E-state index contributed by atoms with van der Waals surface area (Å²) in [5.74, 6) is 1.16. The highest BCUT2D eigenvalue weighted by Crippen LogP contribution is 2.29. The highest BCUT2D eigenvalue weighted by atomic mass is 19.1. The number of ether oxygens (including phenoxy) is 1. The summed E-state index contributed by atoms with van der Waals surface area (Å²) in [6, 6.07) is 6.26. The van der Waals surface area contributed by atoms with Crippen LogP contribution in [0.1, 0.15) is 38.2 Å². The van der Waals surface area contributed by atoms with Gasteiger partial charge in [-0.25, -0.2) is 4.39 Å². The van der Waals surface area contributed by atoms with Gasteiger partial charge in [-0.1, -0.05) is 19.8 Å². The smallest absolute Gasteiger partial charge is 0.166 e. The molecule has 3 heteroatoms. The van der Waals surface area contributed by atoms with Gasteiger partial charge >= 0.3 is 0 Å². The molecule has 0 aliphatic heterocycles. The zero-order valence-electron chi connectivity index (χ0n) is 10.7. The second kappa shape index (κ2) is 5.86. The van der Waals surface area contributed by atoms with Gasteiger partial charge in [-0.2, -0.15) is 5.26 Å². The lowest BCUT2D eigenvalue weighted by atomic mass is 9.83. The van der Waals surface area contributed by atoms with E-state index in [2.05, 4.69) is 6.92 Å². The number of hydrogen-bond acceptors (Lipinski definition) is 2. The number of nitrogens with zero attached hydrogens (tertiary/aromatic N) is 1. The van der Waals surface area contributed by atoms with Crippen molar-refractivity contribution in [2.24, 2.45) is 11.8 Å². The van der Waals surface area contributed by atoms with Crippen LogP contribution in [0.2, 0.25) is 0 Å². The van der Waals surface area contributed by atoms with E-state index in [1.807, 2.05) is 6.07 Å². The molecule has 1 aliphatic carbocycles. The quantitative estimate of drug-likeness (QED) is 0.811. The van der Waals surface area contributed by atoms with Gasteiger partial charge in [0.05, 0.1) is 18.2 Å². The van der Waals surface area contributed by atoms with Gasteiger partial charge in [0, 0.05) is 0 Å². The Labute approximate surface area is 107 Å². The maximum Gasteiger partial charge on any atom is 0.166 e. The fraction of sp³-hybridized carbons (Fsp3) is 0.533. The molecule has 0 bridgehead atoms.